The van der Waals surface area contributed by atoms with Gasteiger partial charge in [-0.1, -0.05) is 116 Å². The number of rotatable bonds is 6. The summed E-state index contributed by atoms with van der Waals surface area (Å²) in [6.45, 7) is 7.40. The second-order valence-electron chi connectivity index (χ2n) is 8.72. The molecule has 3 aromatic carbocycles. The molecule has 0 fully saturated rings. The standard InChI is InChI=1S/C26H29NSi2/c1-28(2,3)25-20-13-21-26(25)29(23-16-9-5-10-17-23,24-18-11-6-12-19-24)27-22-14-7-4-8-15-22/h4-20,27H,21H2,1-3H3. The minimum atomic E-state index is -2.43. The summed E-state index contributed by atoms with van der Waals surface area (Å²) in [5.41, 5.74) is 1.20. The van der Waals surface area contributed by atoms with Crippen molar-refractivity contribution in [3.63, 3.8) is 0 Å². The Kier molecular flexibility index (Phi) is 5.44. The van der Waals surface area contributed by atoms with E-state index >= 15 is 0 Å². The maximum absolute atomic E-state index is 4.13. The van der Waals surface area contributed by atoms with Crippen molar-refractivity contribution in [3.8, 4) is 0 Å². The van der Waals surface area contributed by atoms with E-state index in [2.05, 4.69) is 128 Å². The first-order valence-corrected chi connectivity index (χ1v) is 15.9. The van der Waals surface area contributed by atoms with Gasteiger partial charge in [-0.3, -0.25) is 0 Å². The maximum Gasteiger partial charge on any atom is 0.246 e. The lowest BCUT2D eigenvalue weighted by Gasteiger charge is -2.38. The molecule has 3 heteroatoms. The Labute approximate surface area is 176 Å². The predicted molar refractivity (Wildman–Crippen MR) is 132 cm³/mol. The summed E-state index contributed by atoms with van der Waals surface area (Å²) in [6.07, 6.45) is 5.83. The lowest BCUT2D eigenvalue weighted by molar-refractivity contribution is 1.35. The molecule has 0 atom stereocenters. The van der Waals surface area contributed by atoms with E-state index in [1.165, 1.54) is 16.1 Å². The number of nitrogens with one attached hydrogen (secondary N) is 1. The highest BCUT2D eigenvalue weighted by molar-refractivity contribution is 7.10. The van der Waals surface area contributed by atoms with Gasteiger partial charge in [0.25, 0.3) is 0 Å². The largest absolute Gasteiger partial charge is 0.400 e. The molecule has 1 nitrogen and oxygen atoms in total. The third kappa shape index (κ3) is 3.80. The van der Waals surface area contributed by atoms with Crippen LogP contribution in [0.1, 0.15) is 6.42 Å². The molecule has 0 unspecified atom stereocenters. The van der Waals surface area contributed by atoms with E-state index in [0.717, 1.165) is 6.42 Å². The molecule has 1 aliphatic carbocycles. The number of hydrogen-bond acceptors (Lipinski definition) is 1. The van der Waals surface area contributed by atoms with Crippen molar-refractivity contribution < 1.29 is 0 Å². The highest BCUT2D eigenvalue weighted by Crippen LogP contribution is 2.34. The fraction of sp³-hybridized carbons (Fsp3) is 0.154. The molecular formula is C26H29NSi2. The Bertz CT molecular complexity index is 977. The van der Waals surface area contributed by atoms with Crippen LogP contribution < -0.4 is 15.4 Å². The zero-order valence-corrected chi connectivity index (χ0v) is 19.5. The Balaban J connectivity index is 2.04. The molecule has 0 spiro atoms. The van der Waals surface area contributed by atoms with E-state index in [0.29, 0.717) is 0 Å². The lowest BCUT2D eigenvalue weighted by Crippen LogP contribution is -2.67. The summed E-state index contributed by atoms with van der Waals surface area (Å²) in [5, 5.41) is 6.08. The summed E-state index contributed by atoms with van der Waals surface area (Å²) < 4.78 is 0. The molecule has 0 heterocycles. The second-order valence-corrected chi connectivity index (χ2v) is 17.3. The van der Waals surface area contributed by atoms with Crippen molar-refractivity contribution >= 4 is 32.4 Å². The summed E-state index contributed by atoms with van der Waals surface area (Å²) in [5.74, 6) is 0. The molecule has 146 valence electrons. The second kappa shape index (κ2) is 8.01. The van der Waals surface area contributed by atoms with Crippen LogP contribution in [0.2, 0.25) is 19.6 Å². The average Bonchev–Trinajstić information content (AvgIpc) is 3.25. The number of hydrogen-bond donors (Lipinski definition) is 1. The monoisotopic (exact) mass is 411 g/mol. The molecule has 0 amide bonds. The summed E-state index contributed by atoms with van der Waals surface area (Å²) in [6, 6.07) is 33.0. The van der Waals surface area contributed by atoms with Crippen LogP contribution in [0.5, 0.6) is 0 Å². The zero-order valence-electron chi connectivity index (χ0n) is 17.5. The van der Waals surface area contributed by atoms with Crippen molar-refractivity contribution in [2.24, 2.45) is 0 Å². The van der Waals surface area contributed by atoms with Crippen molar-refractivity contribution in [1.29, 1.82) is 0 Å². The van der Waals surface area contributed by atoms with Gasteiger partial charge in [-0.2, -0.15) is 0 Å². The normalized spacial score (nSPS) is 14.3. The van der Waals surface area contributed by atoms with Crippen molar-refractivity contribution in [3.05, 3.63) is 114 Å². The quantitative estimate of drug-likeness (QED) is 0.526. The maximum atomic E-state index is 4.13. The van der Waals surface area contributed by atoms with Gasteiger partial charge in [0, 0.05) is 5.69 Å². The molecule has 0 aliphatic heterocycles. The van der Waals surface area contributed by atoms with Gasteiger partial charge in [-0.25, -0.2) is 0 Å². The van der Waals surface area contributed by atoms with Crippen LogP contribution in [0.3, 0.4) is 0 Å². The highest BCUT2D eigenvalue weighted by Gasteiger charge is 2.45. The zero-order chi connectivity index (χ0) is 20.3. The molecule has 0 saturated carbocycles. The van der Waals surface area contributed by atoms with E-state index in [9.17, 15) is 0 Å². The van der Waals surface area contributed by atoms with E-state index < -0.39 is 16.3 Å². The fourth-order valence-electron chi connectivity index (χ4n) is 4.41. The number of anilines is 1. The van der Waals surface area contributed by atoms with E-state index in [1.807, 2.05) is 0 Å². The van der Waals surface area contributed by atoms with Crippen LogP contribution in [-0.4, -0.2) is 16.3 Å². The predicted octanol–water partition coefficient (Wildman–Crippen LogP) is 5.53. The fourth-order valence-corrected chi connectivity index (χ4v) is 12.1. The molecule has 3 aromatic rings. The van der Waals surface area contributed by atoms with Gasteiger partial charge >= 0.3 is 0 Å². The summed E-state index contributed by atoms with van der Waals surface area (Å²) in [4.78, 5) is 4.13. The van der Waals surface area contributed by atoms with E-state index in [-0.39, 0.29) is 0 Å². The van der Waals surface area contributed by atoms with Gasteiger partial charge in [0.2, 0.25) is 8.24 Å². The molecule has 4 rings (SSSR count). The number of allylic oxidation sites excluding steroid dienone is 4. The van der Waals surface area contributed by atoms with Gasteiger partial charge in [0.1, 0.15) is 0 Å². The smallest absolute Gasteiger partial charge is 0.246 e. The Hall–Kier alpha value is -2.63. The molecule has 1 aliphatic rings. The minimum Gasteiger partial charge on any atom is -0.400 e. The Morgan fingerprint density at radius 2 is 1.14 bits per heavy atom. The molecule has 0 bridgehead atoms. The topological polar surface area (TPSA) is 12.0 Å². The van der Waals surface area contributed by atoms with Crippen LogP contribution in [0.15, 0.2) is 114 Å². The molecular weight excluding hydrogens is 382 g/mol. The van der Waals surface area contributed by atoms with Gasteiger partial charge < -0.3 is 4.98 Å². The van der Waals surface area contributed by atoms with Crippen LogP contribution >= 0.6 is 0 Å². The Morgan fingerprint density at radius 3 is 1.62 bits per heavy atom. The van der Waals surface area contributed by atoms with Gasteiger partial charge in [-0.15, -0.1) is 0 Å². The number of benzene rings is 3. The minimum absolute atomic E-state index is 1.04. The summed E-state index contributed by atoms with van der Waals surface area (Å²) in [7, 11) is -3.92. The van der Waals surface area contributed by atoms with Crippen molar-refractivity contribution in [1.82, 2.24) is 0 Å². The van der Waals surface area contributed by atoms with Gasteiger partial charge in [0.05, 0.1) is 8.07 Å². The first kappa shape index (κ1) is 19.7. The first-order valence-electron chi connectivity index (χ1n) is 10.4. The molecule has 29 heavy (non-hydrogen) atoms. The highest BCUT2D eigenvalue weighted by atomic mass is 28.3. The SMILES string of the molecule is C[Si](C)(C)C1=C([Si](Nc2ccccc2)(c2ccccc2)c2ccccc2)CC=C1. The lowest BCUT2D eigenvalue weighted by atomic mass is 10.3. The van der Waals surface area contributed by atoms with Crippen LogP contribution in [-0.2, 0) is 0 Å². The Morgan fingerprint density at radius 1 is 0.655 bits per heavy atom. The first-order chi connectivity index (χ1) is 14.0. The molecule has 1 N–H and O–H groups in total. The molecule has 0 aromatic heterocycles. The van der Waals surface area contributed by atoms with Crippen molar-refractivity contribution in [2.75, 3.05) is 4.98 Å². The van der Waals surface area contributed by atoms with Crippen molar-refractivity contribution in [2.45, 2.75) is 26.1 Å². The van der Waals surface area contributed by atoms with Crippen LogP contribution in [0.4, 0.5) is 5.69 Å². The average molecular weight is 412 g/mol. The third-order valence-corrected chi connectivity index (χ3v) is 12.5. The molecule has 0 saturated heterocycles. The van der Waals surface area contributed by atoms with Crippen LogP contribution in [0, 0.1) is 0 Å². The number of para-hydroxylation sites is 1. The molecule has 0 radical (unpaired) electrons. The third-order valence-electron chi connectivity index (χ3n) is 5.71. The van der Waals surface area contributed by atoms with E-state index in [1.54, 1.807) is 10.4 Å². The van der Waals surface area contributed by atoms with Gasteiger partial charge in [0.15, 0.2) is 0 Å². The van der Waals surface area contributed by atoms with Gasteiger partial charge in [-0.05, 0) is 34.1 Å². The summed E-state index contributed by atoms with van der Waals surface area (Å²) >= 11 is 0. The van der Waals surface area contributed by atoms with Crippen LogP contribution in [0.25, 0.3) is 0 Å². The van der Waals surface area contributed by atoms with E-state index in [4.69, 9.17) is 0 Å².